The molecule has 3 heterocycles. The molecule has 1 aliphatic rings. The lowest BCUT2D eigenvalue weighted by Crippen LogP contribution is -2.29. The summed E-state index contributed by atoms with van der Waals surface area (Å²) in [5.74, 6) is -0.198. The van der Waals surface area contributed by atoms with Gasteiger partial charge in [-0.1, -0.05) is 0 Å². The molecule has 5 nitrogen and oxygen atoms in total. The van der Waals surface area contributed by atoms with Gasteiger partial charge in [-0.05, 0) is 30.3 Å². The van der Waals surface area contributed by atoms with E-state index in [1.165, 1.54) is 17.3 Å². The van der Waals surface area contributed by atoms with E-state index in [2.05, 4.69) is 20.9 Å². The molecule has 0 bridgehead atoms. The zero-order chi connectivity index (χ0) is 17.8. The summed E-state index contributed by atoms with van der Waals surface area (Å²) in [6.07, 6.45) is 0.906. The van der Waals surface area contributed by atoms with E-state index in [0.29, 0.717) is 6.01 Å². The number of oxazole rings is 1. The Morgan fingerprint density at radius 1 is 1.19 bits per heavy atom. The molecule has 0 unspecified atom stereocenters. The lowest BCUT2D eigenvalue weighted by atomic mass is 10.0. The molecule has 4 aromatic rings. The van der Waals surface area contributed by atoms with Gasteiger partial charge in [0.15, 0.2) is 5.58 Å². The monoisotopic (exact) mass is 350 g/mol. The quantitative estimate of drug-likeness (QED) is 0.592. The van der Waals surface area contributed by atoms with E-state index >= 15 is 0 Å². The smallest absolute Gasteiger partial charge is 0.297 e. The first kappa shape index (κ1) is 15.3. The fraction of sp³-hybridized carbons (Fsp3) is 0.250. The number of anilines is 2. The highest BCUT2D eigenvalue weighted by atomic mass is 19.1. The van der Waals surface area contributed by atoms with E-state index in [-0.39, 0.29) is 5.82 Å². The SMILES string of the molecule is CN(C)c1nc2ccc(N3CCc4[nH]c5ccc(F)cc5c4C3)cc2o1. The molecule has 2 aromatic heterocycles. The summed E-state index contributed by atoms with van der Waals surface area (Å²) < 4.78 is 19.5. The summed E-state index contributed by atoms with van der Waals surface area (Å²) in [4.78, 5) is 12.1. The molecule has 6 heteroatoms. The summed E-state index contributed by atoms with van der Waals surface area (Å²) in [6.45, 7) is 1.65. The third-order valence-electron chi connectivity index (χ3n) is 5.05. The van der Waals surface area contributed by atoms with E-state index in [0.717, 1.165) is 47.2 Å². The van der Waals surface area contributed by atoms with Crippen LogP contribution in [-0.4, -0.2) is 30.6 Å². The maximum Gasteiger partial charge on any atom is 0.297 e. The Kier molecular flexibility index (Phi) is 3.22. The molecule has 2 aromatic carbocycles. The molecule has 1 aliphatic heterocycles. The summed E-state index contributed by atoms with van der Waals surface area (Å²) in [5, 5.41) is 0.973. The normalized spacial score (nSPS) is 14.2. The number of nitrogens with one attached hydrogen (secondary N) is 1. The van der Waals surface area contributed by atoms with Gasteiger partial charge in [-0.15, -0.1) is 0 Å². The van der Waals surface area contributed by atoms with Crippen molar-refractivity contribution in [2.75, 3.05) is 30.4 Å². The maximum absolute atomic E-state index is 13.7. The molecule has 0 saturated carbocycles. The Hall–Kier alpha value is -3.02. The number of halogens is 1. The molecule has 0 amide bonds. The Bertz CT molecular complexity index is 1130. The molecular weight excluding hydrogens is 331 g/mol. The van der Waals surface area contributed by atoms with E-state index in [9.17, 15) is 4.39 Å². The topological polar surface area (TPSA) is 48.3 Å². The van der Waals surface area contributed by atoms with Crippen LogP contribution in [0.4, 0.5) is 16.1 Å². The van der Waals surface area contributed by atoms with Crippen LogP contribution in [0.1, 0.15) is 11.3 Å². The third-order valence-corrected chi connectivity index (χ3v) is 5.05. The standard InChI is InChI=1S/C20H19FN4O/c1-24(2)20-23-18-6-4-13(10-19(18)26-20)25-8-7-17-15(11-25)14-9-12(21)3-5-16(14)22-17/h3-6,9-10,22H,7-8,11H2,1-2H3. The first-order valence-corrected chi connectivity index (χ1v) is 8.70. The van der Waals surface area contributed by atoms with Gasteiger partial charge in [-0.3, -0.25) is 0 Å². The van der Waals surface area contributed by atoms with E-state index in [1.54, 1.807) is 6.07 Å². The number of hydrogen-bond acceptors (Lipinski definition) is 4. The van der Waals surface area contributed by atoms with E-state index in [1.807, 2.05) is 37.2 Å². The zero-order valence-electron chi connectivity index (χ0n) is 14.7. The largest absolute Gasteiger partial charge is 0.423 e. The summed E-state index contributed by atoms with van der Waals surface area (Å²) in [6, 6.07) is 11.6. The second-order valence-corrected chi connectivity index (χ2v) is 6.99. The lowest BCUT2D eigenvalue weighted by molar-refractivity contribution is 0.596. The van der Waals surface area contributed by atoms with Crippen LogP contribution < -0.4 is 9.80 Å². The van der Waals surface area contributed by atoms with Crippen molar-refractivity contribution in [2.45, 2.75) is 13.0 Å². The number of aromatic nitrogens is 2. The Morgan fingerprint density at radius 3 is 2.92 bits per heavy atom. The van der Waals surface area contributed by atoms with Gasteiger partial charge in [-0.25, -0.2) is 4.39 Å². The molecule has 0 atom stereocenters. The van der Waals surface area contributed by atoms with Gasteiger partial charge in [0.1, 0.15) is 11.3 Å². The average molecular weight is 350 g/mol. The Labute approximate surface area is 150 Å². The predicted molar refractivity (Wildman–Crippen MR) is 101 cm³/mol. The summed E-state index contributed by atoms with van der Waals surface area (Å²) >= 11 is 0. The van der Waals surface area contributed by atoms with Crippen molar-refractivity contribution in [1.82, 2.24) is 9.97 Å². The second-order valence-electron chi connectivity index (χ2n) is 6.99. The highest BCUT2D eigenvalue weighted by Gasteiger charge is 2.22. The van der Waals surface area contributed by atoms with Crippen molar-refractivity contribution >= 4 is 33.7 Å². The number of benzene rings is 2. The molecule has 0 saturated heterocycles. The van der Waals surface area contributed by atoms with Crippen LogP contribution in [0.25, 0.3) is 22.0 Å². The lowest BCUT2D eigenvalue weighted by Gasteiger charge is -2.29. The molecule has 1 N–H and O–H groups in total. The third kappa shape index (κ3) is 2.33. The van der Waals surface area contributed by atoms with Crippen LogP contribution in [0.2, 0.25) is 0 Å². The van der Waals surface area contributed by atoms with Gasteiger partial charge in [0.25, 0.3) is 6.01 Å². The van der Waals surface area contributed by atoms with E-state index < -0.39 is 0 Å². The summed E-state index contributed by atoms with van der Waals surface area (Å²) in [5.41, 5.74) is 6.11. The van der Waals surface area contributed by atoms with Crippen molar-refractivity contribution in [3.63, 3.8) is 0 Å². The number of aromatic amines is 1. The minimum absolute atomic E-state index is 0.198. The first-order valence-electron chi connectivity index (χ1n) is 8.70. The van der Waals surface area contributed by atoms with Crippen molar-refractivity contribution in [2.24, 2.45) is 0 Å². The molecule has 0 radical (unpaired) electrons. The van der Waals surface area contributed by atoms with Gasteiger partial charge in [0.05, 0.1) is 0 Å². The molecule has 132 valence electrons. The van der Waals surface area contributed by atoms with Gasteiger partial charge in [-0.2, -0.15) is 4.98 Å². The van der Waals surface area contributed by atoms with Crippen LogP contribution in [-0.2, 0) is 13.0 Å². The summed E-state index contributed by atoms with van der Waals surface area (Å²) in [7, 11) is 3.82. The van der Waals surface area contributed by atoms with Crippen molar-refractivity contribution in [3.8, 4) is 0 Å². The molecule has 26 heavy (non-hydrogen) atoms. The van der Waals surface area contributed by atoms with Crippen LogP contribution >= 0.6 is 0 Å². The second kappa shape index (κ2) is 5.49. The predicted octanol–water partition coefficient (Wildman–Crippen LogP) is 4.08. The van der Waals surface area contributed by atoms with Crippen LogP contribution in [0.5, 0.6) is 0 Å². The van der Waals surface area contributed by atoms with Crippen molar-refractivity contribution < 1.29 is 8.81 Å². The Balaban J connectivity index is 1.53. The highest BCUT2D eigenvalue weighted by molar-refractivity contribution is 5.86. The maximum atomic E-state index is 13.7. The molecule has 0 aliphatic carbocycles. The number of nitrogens with zero attached hydrogens (tertiary/aromatic N) is 3. The van der Waals surface area contributed by atoms with Crippen LogP contribution in [0.15, 0.2) is 40.8 Å². The number of hydrogen-bond donors (Lipinski definition) is 1. The van der Waals surface area contributed by atoms with Crippen molar-refractivity contribution in [1.29, 1.82) is 0 Å². The van der Waals surface area contributed by atoms with Crippen LogP contribution in [0, 0.1) is 5.82 Å². The minimum Gasteiger partial charge on any atom is -0.423 e. The fourth-order valence-corrected chi connectivity index (χ4v) is 3.70. The van der Waals surface area contributed by atoms with Gasteiger partial charge >= 0.3 is 0 Å². The highest BCUT2D eigenvalue weighted by Crippen LogP contribution is 2.32. The molecule has 0 fully saturated rings. The van der Waals surface area contributed by atoms with Gasteiger partial charge in [0.2, 0.25) is 0 Å². The van der Waals surface area contributed by atoms with Crippen molar-refractivity contribution in [3.05, 3.63) is 53.5 Å². The fourth-order valence-electron chi connectivity index (χ4n) is 3.70. The van der Waals surface area contributed by atoms with Gasteiger partial charge < -0.3 is 19.2 Å². The van der Waals surface area contributed by atoms with Gasteiger partial charge in [0, 0.05) is 67.5 Å². The number of rotatable bonds is 2. The number of H-pyrrole nitrogens is 1. The molecule has 5 rings (SSSR count). The first-order chi connectivity index (χ1) is 12.6. The average Bonchev–Trinajstić information content (AvgIpc) is 3.21. The molecular formula is C20H19FN4O. The Morgan fingerprint density at radius 2 is 2.08 bits per heavy atom. The molecule has 0 spiro atoms. The minimum atomic E-state index is -0.198. The zero-order valence-corrected chi connectivity index (χ0v) is 14.7. The van der Waals surface area contributed by atoms with E-state index in [4.69, 9.17) is 4.42 Å². The van der Waals surface area contributed by atoms with Crippen LogP contribution in [0.3, 0.4) is 0 Å². The number of fused-ring (bicyclic) bond motifs is 4.